The van der Waals surface area contributed by atoms with Crippen LogP contribution < -0.4 is 11.1 Å². The summed E-state index contributed by atoms with van der Waals surface area (Å²) in [6.07, 6.45) is 0. The molecule has 1 unspecified atom stereocenters. The summed E-state index contributed by atoms with van der Waals surface area (Å²) < 4.78 is 0. The third-order valence-corrected chi connectivity index (χ3v) is 3.80. The summed E-state index contributed by atoms with van der Waals surface area (Å²) in [4.78, 5) is 12.4. The second-order valence-electron chi connectivity index (χ2n) is 5.33. The molecule has 0 spiro atoms. The molecule has 0 saturated carbocycles. The predicted molar refractivity (Wildman–Crippen MR) is 86.0 cm³/mol. The summed E-state index contributed by atoms with van der Waals surface area (Å²) in [5.74, 6) is -0.387. The van der Waals surface area contributed by atoms with E-state index in [-0.39, 0.29) is 5.91 Å². The lowest BCUT2D eigenvalue weighted by molar-refractivity contribution is -0.123. The summed E-state index contributed by atoms with van der Waals surface area (Å²) in [7, 11) is 0. The van der Waals surface area contributed by atoms with Crippen molar-refractivity contribution in [2.24, 2.45) is 5.73 Å². The van der Waals surface area contributed by atoms with Crippen LogP contribution in [0.15, 0.2) is 48.5 Å². The van der Waals surface area contributed by atoms with E-state index in [1.54, 1.807) is 0 Å². The van der Waals surface area contributed by atoms with E-state index in [2.05, 4.69) is 11.4 Å². The minimum absolute atomic E-state index is 0.387. The second-order valence-corrected chi connectivity index (χ2v) is 5.33. The zero-order chi connectivity index (χ0) is 15.5. The minimum atomic E-state index is -0.992. The number of likely N-dealkylation sites (N-methyl/N-ethyl adjacent to an activating group) is 1. The van der Waals surface area contributed by atoms with Crippen molar-refractivity contribution in [1.29, 1.82) is 0 Å². The van der Waals surface area contributed by atoms with Gasteiger partial charge in [-0.3, -0.25) is 10.1 Å². The van der Waals surface area contributed by atoms with E-state index in [0.717, 1.165) is 16.7 Å². The van der Waals surface area contributed by atoms with Crippen molar-refractivity contribution in [2.45, 2.75) is 26.3 Å². The summed E-state index contributed by atoms with van der Waals surface area (Å²) in [6.45, 7) is 6.67. The molecule has 3 nitrogen and oxygen atoms in total. The minimum Gasteiger partial charge on any atom is -0.367 e. The quantitative estimate of drug-likeness (QED) is 0.885. The zero-order valence-corrected chi connectivity index (χ0v) is 12.8. The van der Waals surface area contributed by atoms with Crippen molar-refractivity contribution in [2.75, 3.05) is 6.54 Å². The van der Waals surface area contributed by atoms with Crippen LogP contribution in [0.3, 0.4) is 0 Å². The van der Waals surface area contributed by atoms with Crippen LogP contribution in [0.1, 0.15) is 29.2 Å². The van der Waals surface area contributed by atoms with E-state index in [9.17, 15) is 4.79 Å². The Kier molecular flexibility index (Phi) is 4.43. The van der Waals surface area contributed by atoms with Gasteiger partial charge in [-0.1, -0.05) is 61.0 Å². The van der Waals surface area contributed by atoms with Crippen LogP contribution in [0, 0.1) is 13.8 Å². The van der Waals surface area contributed by atoms with Gasteiger partial charge in [0.05, 0.1) is 0 Å². The maximum Gasteiger partial charge on any atom is 0.247 e. The molecule has 0 saturated heterocycles. The molecule has 1 amide bonds. The number of hydrogen-bond donors (Lipinski definition) is 2. The van der Waals surface area contributed by atoms with Crippen molar-refractivity contribution in [3.8, 4) is 0 Å². The van der Waals surface area contributed by atoms with Gasteiger partial charge in [-0.05, 0) is 37.1 Å². The van der Waals surface area contributed by atoms with E-state index in [1.807, 2.05) is 63.2 Å². The molecule has 3 N–H and O–H groups in total. The van der Waals surface area contributed by atoms with Gasteiger partial charge in [-0.25, -0.2) is 0 Å². The van der Waals surface area contributed by atoms with Crippen LogP contribution in [0.4, 0.5) is 0 Å². The molecule has 3 heteroatoms. The van der Waals surface area contributed by atoms with Crippen LogP contribution in [0.5, 0.6) is 0 Å². The van der Waals surface area contributed by atoms with Crippen LogP contribution in [-0.4, -0.2) is 12.5 Å². The Morgan fingerprint density at radius 3 is 2.33 bits per heavy atom. The molecule has 0 bridgehead atoms. The molecule has 0 aromatic heterocycles. The molecule has 0 aliphatic rings. The third-order valence-electron chi connectivity index (χ3n) is 3.80. The fraction of sp³-hybridized carbons (Fsp3) is 0.278. The maximum absolute atomic E-state index is 12.4. The van der Waals surface area contributed by atoms with E-state index in [4.69, 9.17) is 5.73 Å². The monoisotopic (exact) mass is 282 g/mol. The van der Waals surface area contributed by atoms with Crippen molar-refractivity contribution in [3.63, 3.8) is 0 Å². The van der Waals surface area contributed by atoms with Crippen LogP contribution in [-0.2, 0) is 10.3 Å². The molecular formula is C18H22N2O. The molecular weight excluding hydrogens is 260 g/mol. The normalized spacial score (nSPS) is 13.7. The highest BCUT2D eigenvalue weighted by Gasteiger charge is 2.40. The van der Waals surface area contributed by atoms with Crippen LogP contribution in [0.25, 0.3) is 0 Å². The highest BCUT2D eigenvalue weighted by Crippen LogP contribution is 2.32. The highest BCUT2D eigenvalue weighted by atomic mass is 16.1. The molecule has 0 radical (unpaired) electrons. The number of hydrogen-bond acceptors (Lipinski definition) is 2. The topological polar surface area (TPSA) is 55.1 Å². The summed E-state index contributed by atoms with van der Waals surface area (Å²) >= 11 is 0. The Labute approximate surface area is 126 Å². The number of amides is 1. The average Bonchev–Trinajstić information content (AvgIpc) is 2.46. The molecule has 21 heavy (non-hydrogen) atoms. The van der Waals surface area contributed by atoms with E-state index in [1.165, 1.54) is 5.56 Å². The van der Waals surface area contributed by atoms with Gasteiger partial charge in [-0.2, -0.15) is 0 Å². The van der Waals surface area contributed by atoms with Crippen LogP contribution >= 0.6 is 0 Å². The third kappa shape index (κ3) is 2.69. The lowest BCUT2D eigenvalue weighted by Gasteiger charge is -2.34. The maximum atomic E-state index is 12.4. The Morgan fingerprint density at radius 1 is 1.14 bits per heavy atom. The Bertz CT molecular complexity index is 637. The first-order valence-corrected chi connectivity index (χ1v) is 7.20. The number of nitrogens with one attached hydrogen (secondary N) is 1. The van der Waals surface area contributed by atoms with Crippen LogP contribution in [0.2, 0.25) is 0 Å². The summed E-state index contributed by atoms with van der Waals surface area (Å²) in [5.41, 5.74) is 8.83. The number of primary amides is 1. The summed E-state index contributed by atoms with van der Waals surface area (Å²) in [5, 5.41) is 3.31. The molecule has 110 valence electrons. The molecule has 2 rings (SSSR count). The van der Waals surface area contributed by atoms with Gasteiger partial charge in [0, 0.05) is 0 Å². The number of carbonyl (C=O) groups excluding carboxylic acids is 1. The van der Waals surface area contributed by atoms with Gasteiger partial charge in [0.15, 0.2) is 0 Å². The molecule has 0 fully saturated rings. The molecule has 0 aliphatic carbocycles. The van der Waals surface area contributed by atoms with Crippen molar-refractivity contribution in [1.82, 2.24) is 5.32 Å². The number of carbonyl (C=O) groups is 1. The van der Waals surface area contributed by atoms with Gasteiger partial charge < -0.3 is 5.73 Å². The number of rotatable bonds is 5. The molecule has 2 aromatic carbocycles. The van der Waals surface area contributed by atoms with Gasteiger partial charge >= 0.3 is 0 Å². The molecule has 0 heterocycles. The lowest BCUT2D eigenvalue weighted by atomic mass is 9.79. The molecule has 2 aromatic rings. The Balaban J connectivity index is 2.73. The lowest BCUT2D eigenvalue weighted by Crippen LogP contribution is -2.53. The van der Waals surface area contributed by atoms with Gasteiger partial charge in [-0.15, -0.1) is 0 Å². The van der Waals surface area contributed by atoms with Crippen molar-refractivity contribution in [3.05, 3.63) is 70.8 Å². The smallest absolute Gasteiger partial charge is 0.247 e. The van der Waals surface area contributed by atoms with E-state index in [0.29, 0.717) is 6.54 Å². The number of aryl methyl sites for hydroxylation is 2. The second kappa shape index (κ2) is 6.10. The van der Waals surface area contributed by atoms with E-state index >= 15 is 0 Å². The average molecular weight is 282 g/mol. The number of nitrogens with two attached hydrogens (primary N) is 1. The summed E-state index contributed by atoms with van der Waals surface area (Å²) in [6, 6.07) is 15.7. The first-order chi connectivity index (χ1) is 10.0. The first kappa shape index (κ1) is 15.3. The molecule has 0 aliphatic heterocycles. The van der Waals surface area contributed by atoms with Gasteiger partial charge in [0.25, 0.3) is 0 Å². The largest absolute Gasteiger partial charge is 0.367 e. The Hall–Kier alpha value is -2.13. The fourth-order valence-electron chi connectivity index (χ4n) is 2.90. The SMILES string of the molecule is CCNC(C(N)=O)(c1ccccc1)c1ccc(C)cc1C. The fourth-order valence-corrected chi connectivity index (χ4v) is 2.90. The Morgan fingerprint density at radius 2 is 1.81 bits per heavy atom. The van der Waals surface area contributed by atoms with Crippen molar-refractivity contribution >= 4 is 5.91 Å². The van der Waals surface area contributed by atoms with Gasteiger partial charge in [0.1, 0.15) is 5.54 Å². The van der Waals surface area contributed by atoms with Crippen molar-refractivity contribution < 1.29 is 4.79 Å². The number of benzene rings is 2. The van der Waals surface area contributed by atoms with Gasteiger partial charge in [0.2, 0.25) is 5.91 Å². The predicted octanol–water partition coefficient (Wildman–Crippen LogP) is 2.64. The first-order valence-electron chi connectivity index (χ1n) is 7.20. The zero-order valence-electron chi connectivity index (χ0n) is 12.8. The molecule has 1 atom stereocenters. The van der Waals surface area contributed by atoms with E-state index < -0.39 is 5.54 Å². The highest BCUT2D eigenvalue weighted by molar-refractivity contribution is 5.90. The standard InChI is InChI=1S/C18H22N2O/c1-4-20-18(17(19)21,15-8-6-5-7-9-15)16-11-10-13(2)12-14(16)3/h5-12,20H,4H2,1-3H3,(H2,19,21).